The van der Waals surface area contributed by atoms with Gasteiger partial charge in [-0.1, -0.05) is 0 Å². The van der Waals surface area contributed by atoms with Crippen LogP contribution in [0.4, 0.5) is 0 Å². The first kappa shape index (κ1) is 15.0. The molecule has 1 heterocycles. The fraction of sp³-hybridized carbons (Fsp3) is 0.500. The molecule has 0 saturated carbocycles. The maximum atomic E-state index is 12.5. The highest BCUT2D eigenvalue weighted by molar-refractivity contribution is 7.89. The van der Waals surface area contributed by atoms with Gasteiger partial charge in [0.25, 0.3) is 0 Å². The minimum Gasteiger partial charge on any atom is -0.377 e. The van der Waals surface area contributed by atoms with Crippen molar-refractivity contribution >= 4 is 10.0 Å². The number of benzene rings is 1. The van der Waals surface area contributed by atoms with E-state index in [0.717, 1.165) is 12.8 Å². The first-order chi connectivity index (χ1) is 9.57. The second-order valence-corrected chi connectivity index (χ2v) is 6.66. The van der Waals surface area contributed by atoms with Crippen molar-refractivity contribution in [1.82, 2.24) is 4.31 Å². The summed E-state index contributed by atoms with van der Waals surface area (Å²) < 4.78 is 32.1. The largest absolute Gasteiger partial charge is 0.377 e. The highest BCUT2D eigenvalue weighted by Gasteiger charge is 2.30. The zero-order valence-corrected chi connectivity index (χ0v) is 12.3. The average molecular weight is 294 g/mol. The third-order valence-corrected chi connectivity index (χ3v) is 5.24. The SMILES string of the molecule is CCOC1CCCN(S(=O)(=O)c2ccc(C#N)cc2)C1. The van der Waals surface area contributed by atoms with Crippen LogP contribution in [0.25, 0.3) is 0 Å². The van der Waals surface area contributed by atoms with Crippen LogP contribution in [-0.4, -0.2) is 38.5 Å². The highest BCUT2D eigenvalue weighted by atomic mass is 32.2. The van der Waals surface area contributed by atoms with Crippen molar-refractivity contribution in [1.29, 1.82) is 5.26 Å². The second kappa shape index (κ2) is 6.35. The van der Waals surface area contributed by atoms with E-state index in [0.29, 0.717) is 25.3 Å². The molecular weight excluding hydrogens is 276 g/mol. The molecule has 1 atom stereocenters. The fourth-order valence-corrected chi connectivity index (χ4v) is 3.86. The predicted octanol–water partition coefficient (Wildman–Crippen LogP) is 1.75. The van der Waals surface area contributed by atoms with Crippen LogP contribution in [0, 0.1) is 11.3 Å². The lowest BCUT2D eigenvalue weighted by atomic mass is 10.1. The number of ether oxygens (including phenoxy) is 1. The van der Waals surface area contributed by atoms with Gasteiger partial charge in [0.15, 0.2) is 0 Å². The van der Waals surface area contributed by atoms with E-state index >= 15 is 0 Å². The van der Waals surface area contributed by atoms with Gasteiger partial charge in [-0.15, -0.1) is 0 Å². The third kappa shape index (κ3) is 3.18. The molecule has 1 aliphatic rings. The first-order valence-corrected chi connectivity index (χ1v) is 8.14. The van der Waals surface area contributed by atoms with Crippen molar-refractivity contribution in [3.8, 4) is 6.07 Å². The maximum absolute atomic E-state index is 12.5. The molecule has 108 valence electrons. The summed E-state index contributed by atoms with van der Waals surface area (Å²) in [5.41, 5.74) is 0.454. The zero-order chi connectivity index (χ0) is 14.6. The van der Waals surface area contributed by atoms with Crippen LogP contribution >= 0.6 is 0 Å². The van der Waals surface area contributed by atoms with Crippen molar-refractivity contribution in [2.45, 2.75) is 30.8 Å². The zero-order valence-electron chi connectivity index (χ0n) is 11.4. The van der Waals surface area contributed by atoms with Gasteiger partial charge < -0.3 is 4.74 Å². The minimum absolute atomic E-state index is 0.0260. The number of rotatable bonds is 4. The Bertz CT molecular complexity index is 588. The van der Waals surface area contributed by atoms with E-state index < -0.39 is 10.0 Å². The molecule has 1 aromatic carbocycles. The van der Waals surface area contributed by atoms with Crippen molar-refractivity contribution < 1.29 is 13.2 Å². The third-order valence-electron chi connectivity index (χ3n) is 3.36. The van der Waals surface area contributed by atoms with Gasteiger partial charge in [-0.2, -0.15) is 9.57 Å². The van der Waals surface area contributed by atoms with Crippen molar-refractivity contribution in [2.24, 2.45) is 0 Å². The molecule has 0 aliphatic carbocycles. The second-order valence-electron chi connectivity index (χ2n) is 4.72. The molecular formula is C14H18N2O3S. The number of hydrogen-bond acceptors (Lipinski definition) is 4. The Kier molecular flexibility index (Phi) is 4.76. The van der Waals surface area contributed by atoms with E-state index in [1.54, 1.807) is 0 Å². The molecule has 0 aromatic heterocycles. The molecule has 0 bridgehead atoms. The molecule has 0 N–H and O–H groups in total. The number of sulfonamides is 1. The summed E-state index contributed by atoms with van der Waals surface area (Å²) in [5.74, 6) is 0. The smallest absolute Gasteiger partial charge is 0.243 e. The minimum atomic E-state index is -3.49. The van der Waals surface area contributed by atoms with E-state index in [2.05, 4.69) is 0 Å². The maximum Gasteiger partial charge on any atom is 0.243 e. The molecule has 0 radical (unpaired) electrons. The molecule has 1 unspecified atom stereocenters. The van der Waals surface area contributed by atoms with Crippen LogP contribution in [0.2, 0.25) is 0 Å². The summed E-state index contributed by atoms with van der Waals surface area (Å²) in [5, 5.41) is 8.75. The van der Waals surface area contributed by atoms with Crippen LogP contribution in [-0.2, 0) is 14.8 Å². The highest BCUT2D eigenvalue weighted by Crippen LogP contribution is 2.22. The van der Waals surface area contributed by atoms with E-state index in [4.69, 9.17) is 10.00 Å². The van der Waals surface area contributed by atoms with Gasteiger partial charge in [0.1, 0.15) is 0 Å². The summed E-state index contributed by atoms with van der Waals surface area (Å²) >= 11 is 0. The van der Waals surface area contributed by atoms with Gasteiger partial charge in [0.05, 0.1) is 22.6 Å². The summed E-state index contributed by atoms with van der Waals surface area (Å²) in [6, 6.07) is 8.00. The molecule has 20 heavy (non-hydrogen) atoms. The van der Waals surface area contributed by atoms with Crippen molar-refractivity contribution in [2.75, 3.05) is 19.7 Å². The van der Waals surface area contributed by atoms with Gasteiger partial charge >= 0.3 is 0 Å². The van der Waals surface area contributed by atoms with E-state index in [1.165, 1.54) is 28.6 Å². The molecule has 6 heteroatoms. The van der Waals surface area contributed by atoms with Gasteiger partial charge in [0, 0.05) is 19.7 Å². The summed E-state index contributed by atoms with van der Waals surface area (Å²) in [6.07, 6.45) is 1.68. The monoisotopic (exact) mass is 294 g/mol. The predicted molar refractivity (Wildman–Crippen MR) is 74.6 cm³/mol. The van der Waals surface area contributed by atoms with Crippen LogP contribution in [0.5, 0.6) is 0 Å². The lowest BCUT2D eigenvalue weighted by Gasteiger charge is -2.31. The lowest BCUT2D eigenvalue weighted by Crippen LogP contribution is -2.43. The quantitative estimate of drug-likeness (QED) is 0.848. The Hall–Kier alpha value is -1.42. The van der Waals surface area contributed by atoms with Crippen molar-refractivity contribution in [3.05, 3.63) is 29.8 Å². The van der Waals surface area contributed by atoms with Crippen LogP contribution < -0.4 is 0 Å². The summed E-state index contributed by atoms with van der Waals surface area (Å²) in [4.78, 5) is 0.230. The molecule has 1 aliphatic heterocycles. The molecule has 2 rings (SSSR count). The number of nitrogens with zero attached hydrogens (tertiary/aromatic N) is 2. The van der Waals surface area contributed by atoms with Crippen LogP contribution in [0.3, 0.4) is 0 Å². The topological polar surface area (TPSA) is 70.4 Å². The summed E-state index contributed by atoms with van der Waals surface area (Å²) in [7, 11) is -3.49. The first-order valence-electron chi connectivity index (χ1n) is 6.70. The van der Waals surface area contributed by atoms with E-state index in [1.807, 2.05) is 13.0 Å². The van der Waals surface area contributed by atoms with Crippen molar-refractivity contribution in [3.63, 3.8) is 0 Å². The average Bonchev–Trinajstić information content (AvgIpc) is 2.48. The Morgan fingerprint density at radius 2 is 2.10 bits per heavy atom. The van der Waals surface area contributed by atoms with E-state index in [9.17, 15) is 8.42 Å². The van der Waals surface area contributed by atoms with Gasteiger partial charge in [-0.3, -0.25) is 0 Å². The van der Waals surface area contributed by atoms with Gasteiger partial charge in [0.2, 0.25) is 10.0 Å². The number of piperidine rings is 1. The molecule has 5 nitrogen and oxygen atoms in total. The standard InChI is InChI=1S/C14H18N2O3S/c1-2-19-13-4-3-9-16(11-13)20(17,18)14-7-5-12(10-15)6-8-14/h5-8,13H,2-4,9,11H2,1H3. The van der Waals surface area contributed by atoms with Crippen LogP contribution in [0.1, 0.15) is 25.3 Å². The van der Waals surface area contributed by atoms with Gasteiger partial charge in [-0.25, -0.2) is 8.42 Å². The molecule has 1 fully saturated rings. The lowest BCUT2D eigenvalue weighted by molar-refractivity contribution is 0.0265. The number of hydrogen-bond donors (Lipinski definition) is 0. The normalized spacial score (nSPS) is 20.5. The van der Waals surface area contributed by atoms with E-state index in [-0.39, 0.29) is 11.0 Å². The fourth-order valence-electron chi connectivity index (χ4n) is 2.35. The Morgan fingerprint density at radius 3 is 2.70 bits per heavy atom. The molecule has 0 spiro atoms. The Morgan fingerprint density at radius 1 is 1.40 bits per heavy atom. The van der Waals surface area contributed by atoms with Gasteiger partial charge in [-0.05, 0) is 44.0 Å². The summed E-state index contributed by atoms with van der Waals surface area (Å²) in [6.45, 7) is 3.42. The molecule has 0 amide bonds. The molecule has 1 aromatic rings. The van der Waals surface area contributed by atoms with Crippen LogP contribution in [0.15, 0.2) is 29.2 Å². The molecule has 1 saturated heterocycles. The number of nitriles is 1. The Labute approximate surface area is 119 Å². The Balaban J connectivity index is 2.18.